The fraction of sp³-hybridized carbons (Fsp3) is 0.583. The summed E-state index contributed by atoms with van der Waals surface area (Å²) >= 11 is 1.97. The van der Waals surface area contributed by atoms with Crippen LogP contribution in [-0.2, 0) is 0 Å². The Morgan fingerprint density at radius 1 is 1.40 bits per heavy atom. The zero-order chi connectivity index (χ0) is 10.7. The maximum Gasteiger partial charge on any atom is 0.126 e. The molecule has 0 aliphatic heterocycles. The lowest BCUT2D eigenvalue weighted by molar-refractivity contribution is 0.763. The first-order valence-electron chi connectivity index (χ1n) is 5.52. The van der Waals surface area contributed by atoms with Crippen LogP contribution in [0.2, 0.25) is 0 Å². The summed E-state index contributed by atoms with van der Waals surface area (Å²) in [6, 6.07) is 6.76. The summed E-state index contributed by atoms with van der Waals surface area (Å²) in [5.74, 6) is 1.03. The lowest BCUT2D eigenvalue weighted by Gasteiger charge is -2.19. The lowest BCUT2D eigenvalue weighted by atomic mass is 10.2. The molecule has 0 radical (unpaired) electrons. The van der Waals surface area contributed by atoms with E-state index in [-0.39, 0.29) is 0 Å². The highest BCUT2D eigenvalue weighted by Crippen LogP contribution is 2.30. The van der Waals surface area contributed by atoms with Gasteiger partial charge in [-0.1, -0.05) is 12.5 Å². The van der Waals surface area contributed by atoms with E-state index in [4.69, 9.17) is 0 Å². The molecule has 2 unspecified atom stereocenters. The molecule has 1 aliphatic carbocycles. The van der Waals surface area contributed by atoms with Crippen LogP contribution in [-0.4, -0.2) is 22.5 Å². The van der Waals surface area contributed by atoms with Gasteiger partial charge in [-0.2, -0.15) is 11.8 Å². The molecule has 15 heavy (non-hydrogen) atoms. The summed E-state index contributed by atoms with van der Waals surface area (Å²) in [5, 5.41) is 4.31. The Kier molecular flexibility index (Phi) is 3.52. The van der Waals surface area contributed by atoms with E-state index in [0.717, 1.165) is 16.8 Å². The van der Waals surface area contributed by atoms with Gasteiger partial charge in [0.2, 0.25) is 0 Å². The Balaban J connectivity index is 2.02. The summed E-state index contributed by atoms with van der Waals surface area (Å²) in [5.41, 5.74) is 1.08. The maximum atomic E-state index is 4.49. The maximum absolute atomic E-state index is 4.49. The summed E-state index contributed by atoms with van der Waals surface area (Å²) < 4.78 is 0. The van der Waals surface area contributed by atoms with Crippen LogP contribution in [0, 0.1) is 6.92 Å². The van der Waals surface area contributed by atoms with Crippen molar-refractivity contribution in [3.05, 3.63) is 23.9 Å². The van der Waals surface area contributed by atoms with Crippen molar-refractivity contribution >= 4 is 17.6 Å². The first-order valence-corrected chi connectivity index (χ1v) is 6.81. The first-order chi connectivity index (χ1) is 7.29. The summed E-state index contributed by atoms with van der Waals surface area (Å²) in [6.45, 7) is 2.03. The Bertz CT molecular complexity index is 327. The number of nitrogens with one attached hydrogen (secondary N) is 1. The van der Waals surface area contributed by atoms with E-state index in [2.05, 4.69) is 28.7 Å². The molecule has 1 saturated carbocycles. The van der Waals surface area contributed by atoms with Crippen LogP contribution < -0.4 is 5.32 Å². The molecule has 1 fully saturated rings. The fourth-order valence-corrected chi connectivity index (χ4v) is 3.12. The van der Waals surface area contributed by atoms with Gasteiger partial charge in [-0.25, -0.2) is 4.98 Å². The van der Waals surface area contributed by atoms with Gasteiger partial charge in [-0.15, -0.1) is 0 Å². The van der Waals surface area contributed by atoms with Gasteiger partial charge >= 0.3 is 0 Å². The van der Waals surface area contributed by atoms with Crippen molar-refractivity contribution in [3.63, 3.8) is 0 Å². The Morgan fingerprint density at radius 3 is 3.00 bits per heavy atom. The second kappa shape index (κ2) is 4.88. The van der Waals surface area contributed by atoms with E-state index in [1.807, 2.05) is 24.8 Å². The second-order valence-corrected chi connectivity index (χ2v) is 5.20. The van der Waals surface area contributed by atoms with Crippen molar-refractivity contribution in [2.75, 3.05) is 11.6 Å². The van der Waals surface area contributed by atoms with E-state index in [9.17, 15) is 0 Å². The van der Waals surface area contributed by atoms with Crippen LogP contribution in [0.1, 0.15) is 25.0 Å². The van der Waals surface area contributed by atoms with Crippen LogP contribution >= 0.6 is 11.8 Å². The monoisotopic (exact) mass is 222 g/mol. The van der Waals surface area contributed by atoms with Crippen molar-refractivity contribution in [1.29, 1.82) is 0 Å². The zero-order valence-corrected chi connectivity index (χ0v) is 10.2. The number of aryl methyl sites for hydroxylation is 1. The smallest absolute Gasteiger partial charge is 0.126 e. The van der Waals surface area contributed by atoms with Crippen molar-refractivity contribution in [2.45, 2.75) is 37.5 Å². The predicted molar refractivity (Wildman–Crippen MR) is 67.5 cm³/mol. The van der Waals surface area contributed by atoms with Gasteiger partial charge in [-0.05, 0) is 38.2 Å². The van der Waals surface area contributed by atoms with E-state index >= 15 is 0 Å². The molecule has 1 aliphatic rings. The number of rotatable bonds is 3. The third-order valence-corrected chi connectivity index (χ3v) is 4.15. The highest BCUT2D eigenvalue weighted by atomic mass is 32.2. The molecule has 2 atom stereocenters. The van der Waals surface area contributed by atoms with E-state index in [0.29, 0.717) is 6.04 Å². The molecule has 0 bridgehead atoms. The average molecular weight is 222 g/mol. The van der Waals surface area contributed by atoms with Crippen LogP contribution in [0.15, 0.2) is 18.2 Å². The number of thioether (sulfide) groups is 1. The molecule has 3 heteroatoms. The molecule has 2 rings (SSSR count). The normalized spacial score (nSPS) is 25.5. The molecule has 1 aromatic rings. The molecule has 1 N–H and O–H groups in total. The number of aromatic nitrogens is 1. The third-order valence-electron chi connectivity index (χ3n) is 2.98. The average Bonchev–Trinajstić information content (AvgIpc) is 2.65. The van der Waals surface area contributed by atoms with E-state index < -0.39 is 0 Å². The van der Waals surface area contributed by atoms with Crippen molar-refractivity contribution < 1.29 is 0 Å². The number of hydrogen-bond donors (Lipinski definition) is 1. The van der Waals surface area contributed by atoms with Gasteiger partial charge in [-0.3, -0.25) is 0 Å². The second-order valence-electron chi connectivity index (χ2n) is 4.12. The van der Waals surface area contributed by atoms with Gasteiger partial charge in [0.15, 0.2) is 0 Å². The van der Waals surface area contributed by atoms with Gasteiger partial charge in [0.25, 0.3) is 0 Å². The van der Waals surface area contributed by atoms with Gasteiger partial charge in [0.1, 0.15) is 5.82 Å². The van der Waals surface area contributed by atoms with Gasteiger partial charge in [0, 0.05) is 17.0 Å². The number of hydrogen-bond acceptors (Lipinski definition) is 3. The van der Waals surface area contributed by atoms with Crippen molar-refractivity contribution in [2.24, 2.45) is 0 Å². The van der Waals surface area contributed by atoms with Crippen molar-refractivity contribution in [1.82, 2.24) is 4.98 Å². The predicted octanol–water partition coefficient (Wildman–Crippen LogP) is 3.09. The summed E-state index contributed by atoms with van der Waals surface area (Å²) in [4.78, 5) is 4.49. The third kappa shape index (κ3) is 2.65. The minimum absolute atomic E-state index is 0.606. The number of nitrogens with zero attached hydrogens (tertiary/aromatic N) is 1. The minimum atomic E-state index is 0.606. The topological polar surface area (TPSA) is 24.9 Å². The summed E-state index contributed by atoms with van der Waals surface area (Å²) in [6.07, 6.45) is 6.16. The lowest BCUT2D eigenvalue weighted by Crippen LogP contribution is -2.26. The quantitative estimate of drug-likeness (QED) is 0.850. The fourth-order valence-electron chi connectivity index (χ4n) is 2.19. The largest absolute Gasteiger partial charge is 0.366 e. The van der Waals surface area contributed by atoms with E-state index in [1.54, 1.807) is 0 Å². The Hall–Kier alpha value is -0.700. The van der Waals surface area contributed by atoms with Crippen LogP contribution in [0.4, 0.5) is 5.82 Å². The Morgan fingerprint density at radius 2 is 2.27 bits per heavy atom. The first kappa shape index (κ1) is 10.8. The van der Waals surface area contributed by atoms with Crippen LogP contribution in [0.25, 0.3) is 0 Å². The van der Waals surface area contributed by atoms with E-state index in [1.165, 1.54) is 19.3 Å². The minimum Gasteiger partial charge on any atom is -0.366 e. The highest BCUT2D eigenvalue weighted by molar-refractivity contribution is 7.99. The SMILES string of the molecule is CSC1CCCC1Nc1cccc(C)n1. The molecule has 82 valence electrons. The molecule has 0 spiro atoms. The molecular formula is C12H18N2S. The molecule has 1 heterocycles. The molecular weight excluding hydrogens is 204 g/mol. The van der Waals surface area contributed by atoms with Crippen LogP contribution in [0.5, 0.6) is 0 Å². The Labute approximate surface area is 95.9 Å². The summed E-state index contributed by atoms with van der Waals surface area (Å²) in [7, 11) is 0. The number of pyridine rings is 1. The molecule has 2 nitrogen and oxygen atoms in total. The molecule has 0 aromatic carbocycles. The van der Waals surface area contributed by atoms with Crippen molar-refractivity contribution in [3.8, 4) is 0 Å². The molecule has 1 aromatic heterocycles. The zero-order valence-electron chi connectivity index (χ0n) is 9.36. The van der Waals surface area contributed by atoms with Gasteiger partial charge < -0.3 is 5.32 Å². The van der Waals surface area contributed by atoms with Gasteiger partial charge in [0.05, 0.1) is 0 Å². The standard InChI is InChI=1S/C12H18N2S/c1-9-5-3-8-12(13-9)14-10-6-4-7-11(10)15-2/h3,5,8,10-11H,4,6-7H2,1-2H3,(H,13,14). The highest BCUT2D eigenvalue weighted by Gasteiger charge is 2.26. The molecule has 0 saturated heterocycles. The van der Waals surface area contributed by atoms with Crippen LogP contribution in [0.3, 0.4) is 0 Å². The number of anilines is 1. The molecule has 0 amide bonds.